The zero-order chi connectivity index (χ0) is 29.2. The first kappa shape index (κ1) is 30.5. The first-order valence-corrected chi connectivity index (χ1v) is 15.7. The van der Waals surface area contributed by atoms with Crippen LogP contribution in [0.3, 0.4) is 0 Å². The number of ether oxygens (including phenoxy) is 1. The van der Waals surface area contributed by atoms with Crippen molar-refractivity contribution in [3.05, 3.63) is 83.9 Å². The Balaban J connectivity index is 1.55. The van der Waals surface area contributed by atoms with Gasteiger partial charge in [0.15, 0.2) is 0 Å². The lowest BCUT2D eigenvalue weighted by Crippen LogP contribution is -2.43. The Kier molecular flexibility index (Phi) is 10.8. The summed E-state index contributed by atoms with van der Waals surface area (Å²) in [4.78, 5) is 13.9. The van der Waals surface area contributed by atoms with E-state index in [4.69, 9.17) is 10.5 Å². The summed E-state index contributed by atoms with van der Waals surface area (Å²) in [5, 5.41) is 22.9. The van der Waals surface area contributed by atoms with Crippen LogP contribution in [0.1, 0.15) is 54.1 Å². The number of sulfonamides is 1. The smallest absolute Gasteiger partial charge is 0.271 e. The molecule has 9 nitrogen and oxygen atoms in total. The third-order valence-electron chi connectivity index (χ3n) is 7.23. The number of nitrogens with one attached hydrogen (secondary N) is 1. The second kappa shape index (κ2) is 14.5. The van der Waals surface area contributed by atoms with Crippen molar-refractivity contribution in [3.8, 4) is 16.9 Å². The van der Waals surface area contributed by atoms with Gasteiger partial charge in [0.05, 0.1) is 30.1 Å². The van der Waals surface area contributed by atoms with Gasteiger partial charge < -0.3 is 26.0 Å². The van der Waals surface area contributed by atoms with Gasteiger partial charge in [-0.05, 0) is 66.6 Å². The zero-order valence-electron chi connectivity index (χ0n) is 23.1. The van der Waals surface area contributed by atoms with Crippen molar-refractivity contribution in [2.75, 3.05) is 37.7 Å². The Morgan fingerprint density at radius 3 is 2.39 bits per heavy atom. The Morgan fingerprint density at radius 1 is 1.00 bits per heavy atom. The molecule has 0 heterocycles. The normalized spacial score (nSPS) is 14.9. The summed E-state index contributed by atoms with van der Waals surface area (Å²) < 4.78 is 33.4. The number of rotatable bonds is 13. The van der Waals surface area contributed by atoms with Crippen molar-refractivity contribution >= 4 is 21.6 Å². The van der Waals surface area contributed by atoms with Crippen LogP contribution in [0.2, 0.25) is 0 Å². The van der Waals surface area contributed by atoms with Crippen LogP contribution >= 0.6 is 0 Å². The molecule has 0 radical (unpaired) electrons. The number of hydrogen-bond acceptors (Lipinski definition) is 8. The summed E-state index contributed by atoms with van der Waals surface area (Å²) in [6.45, 7) is -0.552. The number of carbonyl (C=O) groups is 1. The summed E-state index contributed by atoms with van der Waals surface area (Å²) in [5.74, 6) is -0.961. The summed E-state index contributed by atoms with van der Waals surface area (Å²) in [7, 11) is -4.13. The lowest BCUT2D eigenvalue weighted by atomic mass is 9.97. The van der Waals surface area contributed by atoms with Crippen molar-refractivity contribution < 1.29 is 28.2 Å². The molecule has 1 saturated carbocycles. The molecule has 0 spiro atoms. The molecule has 0 aromatic heterocycles. The van der Waals surface area contributed by atoms with Crippen molar-refractivity contribution in [2.24, 2.45) is 0 Å². The first-order chi connectivity index (χ1) is 19.8. The van der Waals surface area contributed by atoms with Gasteiger partial charge in [0.25, 0.3) is 5.91 Å². The van der Waals surface area contributed by atoms with Crippen LogP contribution in [0.15, 0.2) is 72.8 Å². The second-order valence-corrected chi connectivity index (χ2v) is 12.3. The van der Waals surface area contributed by atoms with E-state index in [0.29, 0.717) is 17.0 Å². The highest BCUT2D eigenvalue weighted by molar-refractivity contribution is 7.89. The van der Waals surface area contributed by atoms with Crippen molar-refractivity contribution in [1.82, 2.24) is 9.62 Å². The molecule has 3 aromatic carbocycles. The minimum atomic E-state index is -4.13. The third kappa shape index (κ3) is 8.29. The van der Waals surface area contributed by atoms with Crippen LogP contribution in [0, 0.1) is 0 Å². The lowest BCUT2D eigenvalue weighted by molar-refractivity contribution is 0.0849. The average molecular weight is 582 g/mol. The summed E-state index contributed by atoms with van der Waals surface area (Å²) in [6.07, 6.45) is 4.07. The van der Waals surface area contributed by atoms with Gasteiger partial charge in [-0.15, -0.1) is 0 Å². The maximum Gasteiger partial charge on any atom is 0.271 e. The predicted octanol–water partition coefficient (Wildman–Crippen LogP) is 3.73. The summed E-state index contributed by atoms with van der Waals surface area (Å²) in [5.41, 5.74) is 8.91. The SMILES string of the molecule is Nc1ccc([C@@H](O)CNCCN(C(=O)c2ccc(-c3ccccc3)cc2OC2CCCCC2)S(=O)(=O)CCO)cc1. The highest BCUT2D eigenvalue weighted by atomic mass is 32.2. The molecule has 41 heavy (non-hydrogen) atoms. The molecule has 1 amide bonds. The topological polar surface area (TPSA) is 142 Å². The molecule has 5 N–H and O–H groups in total. The van der Waals surface area contributed by atoms with Gasteiger partial charge in [-0.2, -0.15) is 0 Å². The number of aliphatic hydroxyl groups is 2. The van der Waals surface area contributed by atoms with Crippen LogP contribution in [0.25, 0.3) is 11.1 Å². The number of aliphatic hydroxyl groups excluding tert-OH is 2. The number of nitrogen functional groups attached to an aromatic ring is 1. The van der Waals surface area contributed by atoms with E-state index < -0.39 is 34.4 Å². The first-order valence-electron chi connectivity index (χ1n) is 14.0. The van der Waals surface area contributed by atoms with Gasteiger partial charge in [-0.3, -0.25) is 4.79 Å². The number of nitrogens with zero attached hydrogens (tertiary/aromatic N) is 1. The molecule has 1 atom stereocenters. The van der Waals surface area contributed by atoms with E-state index in [0.717, 1.165) is 47.5 Å². The Morgan fingerprint density at radius 2 is 1.71 bits per heavy atom. The summed E-state index contributed by atoms with van der Waals surface area (Å²) in [6, 6.07) is 21.7. The van der Waals surface area contributed by atoms with Gasteiger partial charge in [0.2, 0.25) is 10.0 Å². The fourth-order valence-corrected chi connectivity index (χ4v) is 6.12. The molecule has 1 fully saturated rings. The van der Waals surface area contributed by atoms with E-state index in [1.165, 1.54) is 0 Å². The Hall–Kier alpha value is -3.44. The van der Waals surface area contributed by atoms with Crippen LogP contribution in [0.5, 0.6) is 5.75 Å². The molecule has 10 heteroatoms. The van der Waals surface area contributed by atoms with Gasteiger partial charge in [0, 0.05) is 25.3 Å². The van der Waals surface area contributed by atoms with E-state index in [-0.39, 0.29) is 31.3 Å². The molecule has 3 aromatic rings. The molecule has 0 saturated heterocycles. The van der Waals surface area contributed by atoms with E-state index in [9.17, 15) is 23.4 Å². The zero-order valence-corrected chi connectivity index (χ0v) is 23.9. The fourth-order valence-electron chi connectivity index (χ4n) is 4.95. The monoisotopic (exact) mass is 581 g/mol. The molecule has 1 aliphatic carbocycles. The Labute approximate surface area is 242 Å². The Bertz CT molecular complexity index is 1380. The van der Waals surface area contributed by atoms with Gasteiger partial charge in [-0.1, -0.05) is 55.0 Å². The average Bonchev–Trinajstić information content (AvgIpc) is 2.98. The molecule has 0 unspecified atom stereocenters. The van der Waals surface area contributed by atoms with Gasteiger partial charge >= 0.3 is 0 Å². The minimum absolute atomic E-state index is 0.0553. The van der Waals surface area contributed by atoms with Crippen LogP contribution in [-0.2, 0) is 10.0 Å². The van der Waals surface area contributed by atoms with Crippen molar-refractivity contribution in [1.29, 1.82) is 0 Å². The van der Waals surface area contributed by atoms with Gasteiger partial charge in [-0.25, -0.2) is 12.7 Å². The number of anilines is 1. The van der Waals surface area contributed by atoms with Crippen LogP contribution < -0.4 is 15.8 Å². The number of amides is 1. The van der Waals surface area contributed by atoms with E-state index in [2.05, 4.69) is 5.32 Å². The molecular formula is C31H39N3O6S. The molecule has 1 aliphatic rings. The molecule has 4 rings (SSSR count). The van der Waals surface area contributed by atoms with Crippen LogP contribution in [-0.4, -0.2) is 66.9 Å². The molecule has 0 aliphatic heterocycles. The van der Waals surface area contributed by atoms with Crippen LogP contribution in [0.4, 0.5) is 5.69 Å². The number of nitrogens with two attached hydrogens (primary N) is 1. The quantitative estimate of drug-likeness (QED) is 0.177. The third-order valence-corrected chi connectivity index (χ3v) is 8.95. The van der Waals surface area contributed by atoms with E-state index in [1.54, 1.807) is 42.5 Å². The summed E-state index contributed by atoms with van der Waals surface area (Å²) >= 11 is 0. The van der Waals surface area contributed by atoms with E-state index >= 15 is 0 Å². The largest absolute Gasteiger partial charge is 0.490 e. The van der Waals surface area contributed by atoms with Gasteiger partial charge in [0.1, 0.15) is 5.75 Å². The maximum absolute atomic E-state index is 13.9. The van der Waals surface area contributed by atoms with Crippen molar-refractivity contribution in [3.63, 3.8) is 0 Å². The molecular weight excluding hydrogens is 542 g/mol. The predicted molar refractivity (Wildman–Crippen MR) is 160 cm³/mol. The maximum atomic E-state index is 13.9. The van der Waals surface area contributed by atoms with Crippen molar-refractivity contribution in [2.45, 2.75) is 44.3 Å². The highest BCUT2D eigenvalue weighted by Crippen LogP contribution is 2.32. The minimum Gasteiger partial charge on any atom is -0.490 e. The van der Waals surface area contributed by atoms with E-state index in [1.807, 2.05) is 30.3 Å². The molecule has 220 valence electrons. The fraction of sp³-hybridized carbons (Fsp3) is 0.387. The highest BCUT2D eigenvalue weighted by Gasteiger charge is 2.30. The second-order valence-electron chi connectivity index (χ2n) is 10.3. The molecule has 0 bridgehead atoms. The number of carbonyl (C=O) groups excluding carboxylic acids is 1. The number of hydrogen-bond donors (Lipinski definition) is 4. The standard InChI is InChI=1S/C31H39N3O6S/c32-26-14-11-24(12-15-26)29(36)22-33-17-18-34(41(38,39)20-19-35)31(37)28-16-13-25(23-7-3-1-4-8-23)21-30(28)40-27-9-5-2-6-10-27/h1,3-4,7-8,11-16,21,27,29,33,35-36H,2,5-6,9-10,17-20,22,32H2/t29-/m0/s1. The lowest BCUT2D eigenvalue weighted by Gasteiger charge is -2.27. The number of benzene rings is 3.